The maximum atomic E-state index is 13.1. The van der Waals surface area contributed by atoms with Gasteiger partial charge in [-0.3, -0.25) is 4.79 Å². The molecule has 0 bridgehead atoms. The number of rotatable bonds is 3. The van der Waals surface area contributed by atoms with Crippen molar-refractivity contribution >= 4 is 22.8 Å². The molecule has 0 spiro atoms. The number of aromatic amines is 1. The van der Waals surface area contributed by atoms with Crippen LogP contribution in [0.15, 0.2) is 54.7 Å². The second kappa shape index (κ2) is 5.32. The van der Waals surface area contributed by atoms with Gasteiger partial charge in [0.15, 0.2) is 5.78 Å². The van der Waals surface area contributed by atoms with Gasteiger partial charge in [-0.25, -0.2) is 8.78 Å². The number of halogens is 2. The molecule has 3 aromatic rings. The van der Waals surface area contributed by atoms with Crippen molar-refractivity contribution in [2.75, 3.05) is 0 Å². The van der Waals surface area contributed by atoms with E-state index in [1.165, 1.54) is 6.08 Å². The summed E-state index contributed by atoms with van der Waals surface area (Å²) in [5.74, 6) is -1.98. The van der Waals surface area contributed by atoms with E-state index in [4.69, 9.17) is 0 Å². The zero-order valence-electron chi connectivity index (χ0n) is 10.9. The summed E-state index contributed by atoms with van der Waals surface area (Å²) in [5.41, 5.74) is 1.79. The molecule has 0 radical (unpaired) electrons. The summed E-state index contributed by atoms with van der Waals surface area (Å²) in [6.07, 6.45) is 4.72. The number of ketones is 1. The van der Waals surface area contributed by atoms with E-state index >= 15 is 0 Å². The lowest BCUT2D eigenvalue weighted by Gasteiger charge is -1.97. The number of para-hydroxylation sites is 1. The zero-order valence-corrected chi connectivity index (χ0v) is 10.9. The predicted molar refractivity (Wildman–Crippen MR) is 78.0 cm³/mol. The monoisotopic (exact) mass is 283 g/mol. The van der Waals surface area contributed by atoms with E-state index in [9.17, 15) is 13.6 Å². The molecule has 0 aliphatic carbocycles. The van der Waals surface area contributed by atoms with Gasteiger partial charge in [-0.05, 0) is 35.9 Å². The van der Waals surface area contributed by atoms with Crippen LogP contribution in [0.25, 0.3) is 17.0 Å². The predicted octanol–water partition coefficient (Wildman–Crippen LogP) is 4.34. The Morgan fingerprint density at radius 3 is 2.52 bits per heavy atom. The summed E-state index contributed by atoms with van der Waals surface area (Å²) in [6, 6.07) is 10.4. The topological polar surface area (TPSA) is 32.9 Å². The van der Waals surface area contributed by atoms with E-state index in [2.05, 4.69) is 4.98 Å². The summed E-state index contributed by atoms with van der Waals surface area (Å²) < 4.78 is 26.2. The number of nitrogens with one attached hydrogen (secondary N) is 1. The highest BCUT2D eigenvalue weighted by atomic mass is 19.1. The molecule has 0 amide bonds. The molecule has 0 aliphatic rings. The molecule has 2 nitrogen and oxygen atoms in total. The summed E-state index contributed by atoms with van der Waals surface area (Å²) in [4.78, 5) is 15.0. The minimum atomic E-state index is -0.765. The van der Waals surface area contributed by atoms with Gasteiger partial charge in [0.1, 0.15) is 11.6 Å². The molecule has 0 atom stereocenters. The van der Waals surface area contributed by atoms with Gasteiger partial charge in [-0.15, -0.1) is 0 Å². The van der Waals surface area contributed by atoms with Crippen LogP contribution in [0.5, 0.6) is 0 Å². The van der Waals surface area contributed by atoms with Crippen LogP contribution in [0.4, 0.5) is 8.78 Å². The fraction of sp³-hybridized carbons (Fsp3) is 0. The van der Waals surface area contributed by atoms with Crippen LogP contribution < -0.4 is 0 Å². The molecular weight excluding hydrogens is 272 g/mol. The van der Waals surface area contributed by atoms with Crippen LogP contribution in [0.1, 0.15) is 15.9 Å². The van der Waals surface area contributed by atoms with Gasteiger partial charge in [-0.2, -0.15) is 0 Å². The third kappa shape index (κ3) is 2.74. The maximum Gasteiger partial charge on any atom is 0.186 e. The average molecular weight is 283 g/mol. The molecule has 0 fully saturated rings. The average Bonchev–Trinajstić information content (AvgIpc) is 2.87. The van der Waals surface area contributed by atoms with E-state index in [1.807, 2.05) is 24.3 Å². The molecule has 1 heterocycles. The zero-order chi connectivity index (χ0) is 14.8. The number of carbonyl (C=O) groups excluding carboxylic acids is 1. The molecule has 1 aromatic heterocycles. The van der Waals surface area contributed by atoms with Crippen LogP contribution in [-0.4, -0.2) is 10.8 Å². The normalized spacial score (nSPS) is 11.3. The van der Waals surface area contributed by atoms with Gasteiger partial charge in [-0.1, -0.05) is 18.2 Å². The van der Waals surface area contributed by atoms with Gasteiger partial charge < -0.3 is 4.98 Å². The van der Waals surface area contributed by atoms with E-state index in [0.717, 1.165) is 34.7 Å². The first-order chi connectivity index (χ1) is 10.1. The van der Waals surface area contributed by atoms with E-state index in [-0.39, 0.29) is 5.56 Å². The number of hydrogen-bond acceptors (Lipinski definition) is 1. The number of hydrogen-bond donors (Lipinski definition) is 1. The highest BCUT2D eigenvalue weighted by Gasteiger charge is 2.07. The summed E-state index contributed by atoms with van der Waals surface area (Å²) >= 11 is 0. The lowest BCUT2D eigenvalue weighted by atomic mass is 10.1. The summed E-state index contributed by atoms with van der Waals surface area (Å²) in [5, 5.41) is 0.979. The standard InChI is InChI=1S/C17H11F2NO/c18-13-7-12(8-14(19)9-13)17(21)6-5-11-10-20-16-4-2-1-3-15(11)16/h1-10,20H/b6-5+. The fourth-order valence-electron chi connectivity index (χ4n) is 2.19. The fourth-order valence-corrected chi connectivity index (χ4v) is 2.19. The second-order valence-electron chi connectivity index (χ2n) is 4.65. The van der Waals surface area contributed by atoms with Crippen molar-refractivity contribution in [2.24, 2.45) is 0 Å². The molecule has 104 valence electrons. The molecule has 0 saturated heterocycles. The van der Waals surface area contributed by atoms with Crippen molar-refractivity contribution < 1.29 is 13.6 Å². The van der Waals surface area contributed by atoms with Crippen LogP contribution in [0, 0.1) is 11.6 Å². The molecule has 0 unspecified atom stereocenters. The Morgan fingerprint density at radius 2 is 1.76 bits per heavy atom. The number of benzene rings is 2. The van der Waals surface area contributed by atoms with Gasteiger partial charge >= 0.3 is 0 Å². The highest BCUT2D eigenvalue weighted by molar-refractivity contribution is 6.07. The summed E-state index contributed by atoms with van der Waals surface area (Å²) in [6.45, 7) is 0. The number of H-pyrrole nitrogens is 1. The second-order valence-corrected chi connectivity index (χ2v) is 4.65. The third-order valence-electron chi connectivity index (χ3n) is 3.18. The van der Waals surface area contributed by atoms with Crippen molar-refractivity contribution in [1.82, 2.24) is 4.98 Å². The third-order valence-corrected chi connectivity index (χ3v) is 3.18. The van der Waals surface area contributed by atoms with Gasteiger partial charge in [0.25, 0.3) is 0 Å². The number of aromatic nitrogens is 1. The van der Waals surface area contributed by atoms with Crippen molar-refractivity contribution in [3.8, 4) is 0 Å². The maximum absolute atomic E-state index is 13.1. The van der Waals surface area contributed by atoms with E-state index in [0.29, 0.717) is 0 Å². The Kier molecular flexibility index (Phi) is 3.36. The number of allylic oxidation sites excluding steroid dienone is 1. The van der Waals surface area contributed by atoms with Gasteiger partial charge in [0.05, 0.1) is 0 Å². The Hall–Kier alpha value is -2.75. The molecule has 4 heteroatoms. The first-order valence-corrected chi connectivity index (χ1v) is 6.38. The molecule has 0 saturated carbocycles. The van der Waals surface area contributed by atoms with Crippen molar-refractivity contribution in [3.05, 3.63) is 77.5 Å². The molecule has 1 N–H and O–H groups in total. The van der Waals surface area contributed by atoms with E-state index < -0.39 is 17.4 Å². The van der Waals surface area contributed by atoms with Crippen molar-refractivity contribution in [3.63, 3.8) is 0 Å². The Labute approximate surface area is 119 Å². The molecule has 21 heavy (non-hydrogen) atoms. The van der Waals surface area contributed by atoms with Gasteiger partial charge in [0.2, 0.25) is 0 Å². The van der Waals surface area contributed by atoms with Crippen LogP contribution >= 0.6 is 0 Å². The number of carbonyl (C=O) groups is 1. The highest BCUT2D eigenvalue weighted by Crippen LogP contribution is 2.19. The van der Waals surface area contributed by atoms with Crippen molar-refractivity contribution in [1.29, 1.82) is 0 Å². The smallest absolute Gasteiger partial charge is 0.186 e. The first kappa shape index (κ1) is 13.2. The molecule has 0 aliphatic heterocycles. The molecule has 2 aromatic carbocycles. The first-order valence-electron chi connectivity index (χ1n) is 6.38. The Balaban J connectivity index is 1.90. The Morgan fingerprint density at radius 1 is 1.05 bits per heavy atom. The quantitative estimate of drug-likeness (QED) is 0.563. The van der Waals surface area contributed by atoms with Crippen LogP contribution in [0.3, 0.4) is 0 Å². The molecular formula is C17H11F2NO. The van der Waals surface area contributed by atoms with Crippen molar-refractivity contribution in [2.45, 2.75) is 0 Å². The van der Waals surface area contributed by atoms with E-state index in [1.54, 1.807) is 12.3 Å². The van der Waals surface area contributed by atoms with Crippen LogP contribution in [-0.2, 0) is 0 Å². The number of fused-ring (bicyclic) bond motifs is 1. The lowest BCUT2D eigenvalue weighted by molar-refractivity contribution is 0.104. The largest absolute Gasteiger partial charge is 0.361 e. The SMILES string of the molecule is O=C(/C=C/c1c[nH]c2ccccc12)c1cc(F)cc(F)c1. The van der Waals surface area contributed by atoms with Gasteiger partial charge in [0, 0.05) is 28.7 Å². The molecule has 3 rings (SSSR count). The minimum absolute atomic E-state index is 0.0106. The van der Waals surface area contributed by atoms with Crippen LogP contribution in [0.2, 0.25) is 0 Å². The Bertz CT molecular complexity index is 829. The minimum Gasteiger partial charge on any atom is -0.361 e. The summed E-state index contributed by atoms with van der Waals surface area (Å²) in [7, 11) is 0. The lowest BCUT2D eigenvalue weighted by Crippen LogP contribution is -1.96.